The summed E-state index contributed by atoms with van der Waals surface area (Å²) in [5.74, 6) is -1.71. The highest BCUT2D eigenvalue weighted by atomic mass is 19.2. The van der Waals surface area contributed by atoms with Crippen molar-refractivity contribution in [3.8, 4) is 23.7 Å². The van der Waals surface area contributed by atoms with Crippen molar-refractivity contribution in [2.24, 2.45) is 0 Å². The van der Waals surface area contributed by atoms with Crippen LogP contribution in [-0.2, 0) is 9.47 Å². The van der Waals surface area contributed by atoms with Crippen LogP contribution in [0.1, 0.15) is 27.8 Å². The van der Waals surface area contributed by atoms with E-state index in [1.54, 1.807) is 33.1 Å². The molecule has 0 fully saturated rings. The average Bonchev–Trinajstić information content (AvgIpc) is 2.71. The van der Waals surface area contributed by atoms with E-state index in [0.29, 0.717) is 48.9 Å². The third-order valence-corrected chi connectivity index (χ3v) is 4.12. The van der Waals surface area contributed by atoms with E-state index in [1.807, 2.05) is 0 Å². The molecular weight excluding hydrogens is 402 g/mol. The van der Waals surface area contributed by atoms with Gasteiger partial charge >= 0.3 is 0 Å². The standard InChI is InChI=1S/C22H19F4NO3/c1-13-10-15(30-9-8-29-7-6-28-3)11-14(2)16(13)4-5-17-19(23)21(25)18(12-27)22(26)20(17)24/h10-11H,6-9H2,1-3H3. The van der Waals surface area contributed by atoms with Gasteiger partial charge in [0.25, 0.3) is 0 Å². The maximum absolute atomic E-state index is 14.0. The molecule has 2 aromatic rings. The van der Waals surface area contributed by atoms with E-state index in [1.165, 1.54) is 0 Å². The Morgan fingerprint density at radius 2 is 1.27 bits per heavy atom. The second-order valence-electron chi connectivity index (χ2n) is 6.25. The SMILES string of the molecule is COCCOCCOc1cc(C)c(C#Cc2c(F)c(F)c(C#N)c(F)c2F)c(C)c1. The van der Waals surface area contributed by atoms with Gasteiger partial charge in [-0.2, -0.15) is 5.26 Å². The molecule has 0 bridgehead atoms. The Kier molecular flexibility index (Phi) is 8.23. The molecule has 4 nitrogen and oxygen atoms in total. The maximum atomic E-state index is 14.0. The van der Waals surface area contributed by atoms with Gasteiger partial charge in [0.1, 0.15) is 29.6 Å². The highest BCUT2D eigenvalue weighted by molar-refractivity contribution is 5.54. The number of nitriles is 1. The summed E-state index contributed by atoms with van der Waals surface area (Å²) in [6.07, 6.45) is 0. The van der Waals surface area contributed by atoms with Crippen LogP contribution in [0.15, 0.2) is 12.1 Å². The van der Waals surface area contributed by atoms with E-state index >= 15 is 0 Å². The third-order valence-electron chi connectivity index (χ3n) is 4.12. The Morgan fingerprint density at radius 3 is 1.80 bits per heavy atom. The van der Waals surface area contributed by atoms with Crippen LogP contribution in [0.25, 0.3) is 0 Å². The number of aryl methyl sites for hydroxylation is 2. The van der Waals surface area contributed by atoms with Gasteiger partial charge in [-0.15, -0.1) is 0 Å². The van der Waals surface area contributed by atoms with Gasteiger partial charge in [0, 0.05) is 12.7 Å². The molecule has 2 rings (SSSR count). The molecule has 0 aliphatic heterocycles. The van der Waals surface area contributed by atoms with Crippen molar-refractivity contribution in [3.05, 3.63) is 63.2 Å². The summed E-state index contributed by atoms with van der Waals surface area (Å²) in [4.78, 5) is 0. The van der Waals surface area contributed by atoms with Crippen molar-refractivity contribution in [2.75, 3.05) is 33.5 Å². The molecule has 0 radical (unpaired) electrons. The molecule has 0 N–H and O–H groups in total. The van der Waals surface area contributed by atoms with Gasteiger partial charge in [-0.3, -0.25) is 0 Å². The lowest BCUT2D eigenvalue weighted by molar-refractivity contribution is 0.0544. The zero-order valence-electron chi connectivity index (χ0n) is 16.7. The number of hydrogen-bond donors (Lipinski definition) is 0. The monoisotopic (exact) mass is 421 g/mol. The van der Waals surface area contributed by atoms with Crippen molar-refractivity contribution in [1.82, 2.24) is 0 Å². The molecule has 30 heavy (non-hydrogen) atoms. The molecule has 0 aromatic heterocycles. The smallest absolute Gasteiger partial charge is 0.181 e. The van der Waals surface area contributed by atoms with Crippen LogP contribution >= 0.6 is 0 Å². The quantitative estimate of drug-likeness (QED) is 0.291. The van der Waals surface area contributed by atoms with Crippen molar-refractivity contribution >= 4 is 0 Å². The summed E-state index contributed by atoms with van der Waals surface area (Å²) < 4.78 is 71.3. The minimum Gasteiger partial charge on any atom is -0.491 e. The van der Waals surface area contributed by atoms with Gasteiger partial charge in [-0.25, -0.2) is 17.6 Å². The second-order valence-corrected chi connectivity index (χ2v) is 6.25. The second kappa shape index (κ2) is 10.6. The van der Waals surface area contributed by atoms with E-state index < -0.39 is 34.4 Å². The van der Waals surface area contributed by atoms with Gasteiger partial charge in [-0.05, 0) is 37.1 Å². The van der Waals surface area contributed by atoms with Crippen molar-refractivity contribution < 1.29 is 31.8 Å². The number of ether oxygens (including phenoxy) is 3. The summed E-state index contributed by atoms with van der Waals surface area (Å²) in [5.41, 5.74) is -0.670. The normalized spacial score (nSPS) is 10.3. The Morgan fingerprint density at radius 1 is 0.767 bits per heavy atom. The molecule has 158 valence electrons. The highest BCUT2D eigenvalue weighted by Gasteiger charge is 2.24. The molecule has 0 saturated heterocycles. The van der Waals surface area contributed by atoms with Crippen molar-refractivity contribution in [1.29, 1.82) is 5.26 Å². The van der Waals surface area contributed by atoms with Gasteiger partial charge < -0.3 is 14.2 Å². The zero-order chi connectivity index (χ0) is 22.3. The van der Waals surface area contributed by atoms with Crippen LogP contribution in [-0.4, -0.2) is 33.5 Å². The number of nitrogens with zero attached hydrogens (tertiary/aromatic N) is 1. The highest BCUT2D eigenvalue weighted by Crippen LogP contribution is 2.24. The Bertz CT molecular complexity index is 983. The summed E-state index contributed by atoms with van der Waals surface area (Å²) in [6.45, 7) is 5.05. The van der Waals surface area contributed by atoms with E-state index in [-0.39, 0.29) is 0 Å². The molecule has 0 aliphatic rings. The molecule has 0 atom stereocenters. The molecule has 0 spiro atoms. The van der Waals surface area contributed by atoms with Gasteiger partial charge in [-0.1, -0.05) is 11.8 Å². The van der Waals surface area contributed by atoms with Crippen LogP contribution in [0, 0.1) is 60.3 Å². The molecule has 2 aromatic carbocycles. The zero-order valence-corrected chi connectivity index (χ0v) is 16.7. The lowest BCUT2D eigenvalue weighted by Gasteiger charge is -2.11. The first-order valence-electron chi connectivity index (χ1n) is 8.90. The first-order valence-corrected chi connectivity index (χ1v) is 8.90. The van der Waals surface area contributed by atoms with Crippen LogP contribution in [0.2, 0.25) is 0 Å². The lowest BCUT2D eigenvalue weighted by atomic mass is 10.0. The minimum absolute atomic E-state index is 0.313. The van der Waals surface area contributed by atoms with Crippen LogP contribution in [0.5, 0.6) is 5.75 Å². The van der Waals surface area contributed by atoms with E-state index in [4.69, 9.17) is 19.5 Å². The van der Waals surface area contributed by atoms with Gasteiger partial charge in [0.2, 0.25) is 0 Å². The predicted octanol–water partition coefficient (Wildman–Crippen LogP) is 4.17. The fourth-order valence-corrected chi connectivity index (χ4v) is 2.63. The third kappa shape index (κ3) is 5.29. The summed E-state index contributed by atoms with van der Waals surface area (Å²) in [5, 5.41) is 8.64. The summed E-state index contributed by atoms with van der Waals surface area (Å²) in [6, 6.07) is 4.45. The first-order chi connectivity index (χ1) is 14.3. The molecule has 0 heterocycles. The minimum atomic E-state index is -1.77. The number of rotatable bonds is 7. The average molecular weight is 421 g/mol. The van der Waals surface area contributed by atoms with Crippen LogP contribution < -0.4 is 4.74 Å². The summed E-state index contributed by atoms with van der Waals surface area (Å²) >= 11 is 0. The van der Waals surface area contributed by atoms with Gasteiger partial charge in [0.15, 0.2) is 23.3 Å². The Labute approximate surface area is 172 Å². The Balaban J connectivity index is 2.24. The first kappa shape index (κ1) is 23.2. The number of halogens is 4. The molecule has 0 saturated carbocycles. The van der Waals surface area contributed by atoms with Crippen molar-refractivity contribution in [3.63, 3.8) is 0 Å². The topological polar surface area (TPSA) is 51.5 Å². The van der Waals surface area contributed by atoms with Crippen LogP contribution in [0.4, 0.5) is 17.6 Å². The lowest BCUT2D eigenvalue weighted by Crippen LogP contribution is -2.10. The molecule has 0 aliphatic carbocycles. The molecule has 0 amide bonds. The number of methoxy groups -OCH3 is 1. The van der Waals surface area contributed by atoms with Gasteiger partial charge in [0.05, 0.1) is 19.8 Å². The maximum Gasteiger partial charge on any atom is 0.181 e. The van der Waals surface area contributed by atoms with E-state index in [9.17, 15) is 17.6 Å². The van der Waals surface area contributed by atoms with E-state index in [0.717, 1.165) is 6.07 Å². The number of hydrogen-bond acceptors (Lipinski definition) is 4. The van der Waals surface area contributed by atoms with E-state index in [2.05, 4.69) is 11.8 Å². The molecular formula is C22H19F4NO3. The largest absolute Gasteiger partial charge is 0.491 e. The van der Waals surface area contributed by atoms with Crippen LogP contribution in [0.3, 0.4) is 0 Å². The Hall–Kier alpha value is -3.07. The fourth-order valence-electron chi connectivity index (χ4n) is 2.63. The number of benzene rings is 2. The predicted molar refractivity (Wildman–Crippen MR) is 101 cm³/mol. The molecule has 0 unspecified atom stereocenters. The summed E-state index contributed by atoms with van der Waals surface area (Å²) in [7, 11) is 1.58. The molecule has 8 heteroatoms. The van der Waals surface area contributed by atoms with Crippen molar-refractivity contribution in [2.45, 2.75) is 13.8 Å². The fraction of sp³-hybridized carbons (Fsp3) is 0.318.